The van der Waals surface area contributed by atoms with Crippen LogP contribution in [-0.2, 0) is 0 Å². The molecule has 0 aromatic heterocycles. The zero-order valence-electron chi connectivity index (χ0n) is 25.4. The van der Waals surface area contributed by atoms with Gasteiger partial charge in [0, 0.05) is 26.2 Å². The molecule has 0 saturated heterocycles. The number of fused-ring (bicyclic) bond motifs is 6. The topological polar surface area (TPSA) is 47.6 Å². The second-order valence-corrected chi connectivity index (χ2v) is 13.3. The Balaban J connectivity index is 1.72. The number of nitriles is 2. The van der Waals surface area contributed by atoms with Crippen molar-refractivity contribution in [3.05, 3.63) is 143 Å². The highest BCUT2D eigenvalue weighted by Gasteiger charge is 2.33. The number of rotatable bonds is 10. The maximum atomic E-state index is 10.2. The third-order valence-electron chi connectivity index (χ3n) is 7.89. The van der Waals surface area contributed by atoms with Crippen molar-refractivity contribution in [1.82, 2.24) is 0 Å². The summed E-state index contributed by atoms with van der Waals surface area (Å²) in [6.07, 6.45) is 13.5. The predicted octanol–water partition coefficient (Wildman–Crippen LogP) is 11.7. The number of nitrogens with zero attached hydrogens (tertiary/aromatic N) is 2. The number of hydrogen-bond donors (Lipinski definition) is 0. The van der Waals surface area contributed by atoms with Crippen LogP contribution in [-0.4, -0.2) is 5.25 Å². The smallest absolute Gasteiger partial charge is 0.0998 e. The zero-order valence-corrected chi connectivity index (χ0v) is 27.0. The lowest BCUT2D eigenvalue weighted by Crippen LogP contribution is -1.92. The average molecular weight is 607 g/mol. The van der Waals surface area contributed by atoms with Gasteiger partial charge < -0.3 is 0 Å². The fourth-order valence-electron chi connectivity index (χ4n) is 5.94. The van der Waals surface area contributed by atoms with Crippen molar-refractivity contribution in [1.29, 1.82) is 10.5 Å². The third-order valence-corrected chi connectivity index (χ3v) is 10.1. The fourth-order valence-corrected chi connectivity index (χ4v) is 7.92. The maximum Gasteiger partial charge on any atom is 0.0998 e. The lowest BCUT2D eigenvalue weighted by Gasteiger charge is -2.10. The van der Waals surface area contributed by atoms with Gasteiger partial charge in [0.1, 0.15) is 0 Å². The summed E-state index contributed by atoms with van der Waals surface area (Å²) in [4.78, 5) is 3.61. The Labute approximate surface area is 270 Å². The first-order valence-corrected chi connectivity index (χ1v) is 16.4. The molecule has 4 heteroatoms. The van der Waals surface area contributed by atoms with Crippen LogP contribution in [0.5, 0.6) is 0 Å². The van der Waals surface area contributed by atoms with Gasteiger partial charge in [-0.1, -0.05) is 93.4 Å². The van der Waals surface area contributed by atoms with E-state index in [9.17, 15) is 10.5 Å². The molecular weight excluding hydrogens is 573 g/mol. The van der Waals surface area contributed by atoms with Crippen LogP contribution in [0, 0.1) is 22.7 Å². The predicted molar refractivity (Wildman–Crippen MR) is 190 cm³/mol. The number of thioether (sulfide) groups is 2. The maximum absolute atomic E-state index is 10.2. The SMILES string of the molecule is C=C/C=C\C(C)Sc1ccc2c(c1)/C(=C(\C#N)C=C)c1cc3c(cc1-2)-c1ccc(S/C(=C/C)CCC)cc1/C3=C(\C#N)C=C. The summed E-state index contributed by atoms with van der Waals surface area (Å²) in [6.45, 7) is 18.2. The molecule has 44 heavy (non-hydrogen) atoms. The molecule has 1 unspecified atom stereocenters. The molecule has 0 heterocycles. The van der Waals surface area contributed by atoms with Gasteiger partial charge in [-0.25, -0.2) is 0 Å². The molecule has 0 saturated carbocycles. The largest absolute Gasteiger partial charge is 0.192 e. The molecule has 0 fully saturated rings. The Kier molecular flexibility index (Phi) is 9.46. The van der Waals surface area contributed by atoms with Crippen LogP contribution >= 0.6 is 23.5 Å². The van der Waals surface area contributed by atoms with E-state index >= 15 is 0 Å². The second kappa shape index (κ2) is 13.4. The summed E-state index contributed by atoms with van der Waals surface area (Å²) in [6, 6.07) is 22.3. The molecular formula is C40H34N2S2. The Morgan fingerprint density at radius 1 is 0.773 bits per heavy atom. The van der Waals surface area contributed by atoms with Crippen LogP contribution in [0.1, 0.15) is 55.9 Å². The first kappa shape index (κ1) is 31.0. The lowest BCUT2D eigenvalue weighted by molar-refractivity contribution is 0.945. The third kappa shape index (κ3) is 5.60. The van der Waals surface area contributed by atoms with Crippen LogP contribution < -0.4 is 0 Å². The molecule has 2 aliphatic carbocycles. The van der Waals surface area contributed by atoms with E-state index in [1.807, 2.05) is 6.08 Å². The van der Waals surface area contributed by atoms with Crippen molar-refractivity contribution in [3.8, 4) is 34.4 Å². The minimum atomic E-state index is 0.266. The highest BCUT2D eigenvalue weighted by Crippen LogP contribution is 2.54. The summed E-state index contributed by atoms with van der Waals surface area (Å²) >= 11 is 3.55. The Hall–Kier alpha value is -4.48. The molecule has 0 radical (unpaired) electrons. The molecule has 2 nitrogen and oxygen atoms in total. The lowest BCUT2D eigenvalue weighted by atomic mass is 9.92. The minimum Gasteiger partial charge on any atom is -0.192 e. The highest BCUT2D eigenvalue weighted by atomic mass is 32.2. The van der Waals surface area contributed by atoms with Crippen molar-refractivity contribution in [3.63, 3.8) is 0 Å². The quantitative estimate of drug-likeness (QED) is 0.0901. The molecule has 0 amide bonds. The molecule has 216 valence electrons. The normalized spacial score (nSPS) is 15.8. The van der Waals surface area contributed by atoms with Gasteiger partial charge in [-0.05, 0) is 106 Å². The average Bonchev–Trinajstić information content (AvgIpc) is 3.51. The molecule has 3 aromatic rings. The van der Waals surface area contributed by atoms with Crippen molar-refractivity contribution >= 4 is 34.7 Å². The first-order valence-electron chi connectivity index (χ1n) is 14.7. The zero-order chi connectivity index (χ0) is 31.4. The van der Waals surface area contributed by atoms with Crippen molar-refractivity contribution in [2.75, 3.05) is 0 Å². The van der Waals surface area contributed by atoms with Gasteiger partial charge in [0.25, 0.3) is 0 Å². The monoisotopic (exact) mass is 606 g/mol. The Morgan fingerprint density at radius 2 is 1.30 bits per heavy atom. The fraction of sp³-hybridized carbons (Fsp3) is 0.150. The molecule has 5 rings (SSSR count). The standard InChI is InChI=1S/C40H34N2S2/c1-7-12-14-25(6)43-29-15-17-31-33-21-34-32-18-16-30(44-28(11-5)13-8-2)20-36(32)40(27(10-4)24-42)38(34)22-37(33)39(35(31)19-29)26(9-3)23-41/h7,9-12,14-22,25H,1,3-4,8,13H2,2,5-6H3/b14-12-,28-11+,39-26+,40-27+. The number of allylic oxidation sites excluding steroid dienone is 8. The van der Waals surface area contributed by atoms with Gasteiger partial charge in [-0.2, -0.15) is 10.5 Å². The number of hydrogen-bond acceptors (Lipinski definition) is 4. The van der Waals surface area contributed by atoms with Crippen LogP contribution in [0.4, 0.5) is 0 Å². The molecule has 0 spiro atoms. The first-order chi connectivity index (χ1) is 21.4. The van der Waals surface area contributed by atoms with Crippen LogP contribution in [0.25, 0.3) is 33.4 Å². The summed E-state index contributed by atoms with van der Waals surface area (Å²) in [5.41, 5.74) is 11.3. The van der Waals surface area contributed by atoms with Crippen LogP contribution in [0.3, 0.4) is 0 Å². The molecule has 0 bridgehead atoms. The van der Waals surface area contributed by atoms with Gasteiger partial charge in [-0.15, -0.1) is 11.8 Å². The summed E-state index contributed by atoms with van der Waals surface area (Å²) in [7, 11) is 0. The minimum absolute atomic E-state index is 0.266. The van der Waals surface area contributed by atoms with Gasteiger partial charge in [0.2, 0.25) is 0 Å². The van der Waals surface area contributed by atoms with E-state index in [-0.39, 0.29) is 5.25 Å². The van der Waals surface area contributed by atoms with E-state index in [1.54, 1.807) is 41.8 Å². The Morgan fingerprint density at radius 3 is 1.80 bits per heavy atom. The molecule has 3 aromatic carbocycles. The van der Waals surface area contributed by atoms with Gasteiger partial charge in [0.05, 0.1) is 23.3 Å². The van der Waals surface area contributed by atoms with E-state index in [4.69, 9.17) is 0 Å². The highest BCUT2D eigenvalue weighted by molar-refractivity contribution is 8.03. The van der Waals surface area contributed by atoms with Crippen LogP contribution in [0.15, 0.2) is 131 Å². The van der Waals surface area contributed by atoms with Crippen molar-refractivity contribution < 1.29 is 0 Å². The van der Waals surface area contributed by atoms with E-state index in [2.05, 4.69) is 113 Å². The molecule has 2 aliphatic rings. The van der Waals surface area contributed by atoms with Crippen LogP contribution in [0.2, 0.25) is 0 Å². The second-order valence-electron chi connectivity index (χ2n) is 10.6. The van der Waals surface area contributed by atoms with E-state index < -0.39 is 0 Å². The summed E-state index contributed by atoms with van der Waals surface area (Å²) < 4.78 is 0. The van der Waals surface area contributed by atoms with E-state index in [1.165, 1.54) is 4.91 Å². The summed E-state index contributed by atoms with van der Waals surface area (Å²) in [5.74, 6) is 0. The van der Waals surface area contributed by atoms with Crippen molar-refractivity contribution in [2.24, 2.45) is 0 Å². The molecule has 0 aliphatic heterocycles. The molecule has 0 N–H and O–H groups in total. The van der Waals surface area contributed by atoms with Crippen molar-refractivity contribution in [2.45, 2.75) is 48.7 Å². The van der Waals surface area contributed by atoms with Gasteiger partial charge in [0.15, 0.2) is 0 Å². The summed E-state index contributed by atoms with van der Waals surface area (Å²) in [5, 5.41) is 20.6. The number of benzene rings is 3. The molecule has 1 atom stereocenters. The Bertz CT molecular complexity index is 1920. The van der Waals surface area contributed by atoms with Gasteiger partial charge in [-0.3, -0.25) is 0 Å². The van der Waals surface area contributed by atoms with E-state index in [0.717, 1.165) is 78.3 Å². The van der Waals surface area contributed by atoms with E-state index in [0.29, 0.717) is 11.1 Å². The van der Waals surface area contributed by atoms with Gasteiger partial charge >= 0.3 is 0 Å².